The maximum atomic E-state index is 12.0. The van der Waals surface area contributed by atoms with Crippen molar-refractivity contribution in [2.75, 3.05) is 0 Å². The third-order valence-corrected chi connectivity index (χ3v) is 3.54. The molecule has 0 aliphatic carbocycles. The normalized spacial score (nSPS) is 13.2. The maximum absolute atomic E-state index is 12.0. The monoisotopic (exact) mass is 289 g/mol. The highest BCUT2D eigenvalue weighted by Crippen LogP contribution is 2.19. The van der Waals surface area contributed by atoms with Crippen molar-refractivity contribution >= 4 is 6.09 Å². The van der Waals surface area contributed by atoms with Gasteiger partial charge in [0.1, 0.15) is 6.61 Å². The predicted molar refractivity (Wildman–Crippen MR) is 87.1 cm³/mol. The minimum absolute atomic E-state index is 0.273. The number of amides is 1. The molecule has 0 spiro atoms. The molecule has 116 valence electrons. The molecule has 1 N–H and O–H groups in total. The largest absolute Gasteiger partial charge is 0.445 e. The standard InChI is InChI=1S/C18H27NO2/c1-4-6-10-14-18(3,13-5-2)19-17(20)21-15-16-11-8-7-9-12-16/h5,7-9,11-12H,2,4,6,10,13-15H2,1,3H3,(H,19,20). The molecule has 0 saturated carbocycles. The van der Waals surface area contributed by atoms with Gasteiger partial charge in [0.2, 0.25) is 0 Å². The summed E-state index contributed by atoms with van der Waals surface area (Å²) in [5.74, 6) is 0. The molecule has 0 aromatic heterocycles. The minimum Gasteiger partial charge on any atom is -0.445 e. The Morgan fingerprint density at radius 1 is 1.33 bits per heavy atom. The Morgan fingerprint density at radius 2 is 2.05 bits per heavy atom. The Kier molecular flexibility index (Phi) is 7.59. The van der Waals surface area contributed by atoms with Gasteiger partial charge in [0.15, 0.2) is 0 Å². The van der Waals surface area contributed by atoms with Gasteiger partial charge in [-0.2, -0.15) is 0 Å². The number of carbonyl (C=O) groups excluding carboxylic acids is 1. The van der Waals surface area contributed by atoms with E-state index in [-0.39, 0.29) is 11.6 Å². The lowest BCUT2D eigenvalue weighted by atomic mass is 9.91. The van der Waals surface area contributed by atoms with Crippen LogP contribution < -0.4 is 5.32 Å². The molecule has 0 radical (unpaired) electrons. The maximum Gasteiger partial charge on any atom is 0.407 e. The summed E-state index contributed by atoms with van der Waals surface area (Å²) in [6.07, 6.45) is 6.61. The SMILES string of the molecule is C=CCC(C)(CCCCC)NC(=O)OCc1ccccc1. The molecular formula is C18H27NO2. The Bertz CT molecular complexity index is 430. The molecule has 21 heavy (non-hydrogen) atoms. The van der Waals surface area contributed by atoms with Crippen molar-refractivity contribution in [1.29, 1.82) is 0 Å². The molecule has 0 saturated heterocycles. The van der Waals surface area contributed by atoms with Crippen molar-refractivity contribution < 1.29 is 9.53 Å². The van der Waals surface area contributed by atoms with E-state index in [9.17, 15) is 4.79 Å². The Balaban J connectivity index is 2.45. The average Bonchev–Trinajstić information content (AvgIpc) is 2.47. The fourth-order valence-electron chi connectivity index (χ4n) is 2.30. The molecule has 0 aliphatic rings. The van der Waals surface area contributed by atoms with Crippen LogP contribution in [0.1, 0.15) is 51.5 Å². The van der Waals surface area contributed by atoms with Gasteiger partial charge >= 0.3 is 6.09 Å². The molecule has 3 heteroatoms. The summed E-state index contributed by atoms with van der Waals surface area (Å²) in [6.45, 7) is 8.30. The fourth-order valence-corrected chi connectivity index (χ4v) is 2.30. The molecule has 0 heterocycles. The zero-order chi connectivity index (χ0) is 15.6. The van der Waals surface area contributed by atoms with E-state index in [0.29, 0.717) is 6.61 Å². The van der Waals surface area contributed by atoms with E-state index in [0.717, 1.165) is 24.8 Å². The summed E-state index contributed by atoms with van der Waals surface area (Å²) < 4.78 is 5.29. The van der Waals surface area contributed by atoms with Gasteiger partial charge in [0.25, 0.3) is 0 Å². The Hall–Kier alpha value is -1.77. The Labute approximate surface area is 128 Å². The summed E-state index contributed by atoms with van der Waals surface area (Å²) in [5, 5.41) is 2.99. The van der Waals surface area contributed by atoms with Crippen LogP contribution in [0.2, 0.25) is 0 Å². The van der Waals surface area contributed by atoms with Crippen molar-refractivity contribution in [2.24, 2.45) is 0 Å². The molecule has 1 aromatic carbocycles. The number of alkyl carbamates (subject to hydrolysis) is 1. The first kappa shape index (κ1) is 17.3. The molecule has 3 nitrogen and oxygen atoms in total. The second-order valence-corrected chi connectivity index (χ2v) is 5.70. The topological polar surface area (TPSA) is 38.3 Å². The molecule has 0 aliphatic heterocycles. The lowest BCUT2D eigenvalue weighted by molar-refractivity contribution is 0.126. The second kappa shape index (κ2) is 9.22. The van der Waals surface area contributed by atoms with E-state index >= 15 is 0 Å². The van der Waals surface area contributed by atoms with E-state index in [2.05, 4.69) is 18.8 Å². The van der Waals surface area contributed by atoms with E-state index in [4.69, 9.17) is 4.74 Å². The predicted octanol–water partition coefficient (Wildman–Crippen LogP) is 4.83. The van der Waals surface area contributed by atoms with Crippen molar-refractivity contribution in [1.82, 2.24) is 5.32 Å². The number of carbonyl (C=O) groups is 1. The van der Waals surface area contributed by atoms with E-state index in [1.165, 1.54) is 12.8 Å². The molecule has 1 atom stereocenters. The van der Waals surface area contributed by atoms with Gasteiger partial charge in [-0.3, -0.25) is 0 Å². The third kappa shape index (κ3) is 6.98. The fraction of sp³-hybridized carbons (Fsp3) is 0.500. The van der Waals surface area contributed by atoms with Gasteiger partial charge in [-0.15, -0.1) is 6.58 Å². The van der Waals surface area contributed by atoms with Crippen molar-refractivity contribution in [3.05, 3.63) is 48.6 Å². The van der Waals surface area contributed by atoms with E-state index in [1.54, 1.807) is 0 Å². The lowest BCUT2D eigenvalue weighted by Crippen LogP contribution is -2.45. The number of rotatable bonds is 9. The molecule has 1 rings (SSSR count). The van der Waals surface area contributed by atoms with E-state index in [1.807, 2.05) is 43.3 Å². The highest BCUT2D eigenvalue weighted by Gasteiger charge is 2.25. The molecular weight excluding hydrogens is 262 g/mol. The van der Waals surface area contributed by atoms with Crippen LogP contribution in [0.4, 0.5) is 4.79 Å². The Morgan fingerprint density at radius 3 is 2.67 bits per heavy atom. The molecule has 1 aromatic rings. The lowest BCUT2D eigenvalue weighted by Gasteiger charge is -2.29. The summed E-state index contributed by atoms with van der Waals surface area (Å²) in [7, 11) is 0. The summed E-state index contributed by atoms with van der Waals surface area (Å²) in [4.78, 5) is 12.0. The molecule has 1 amide bonds. The molecule has 0 bridgehead atoms. The van der Waals surface area contributed by atoms with Crippen LogP contribution in [-0.4, -0.2) is 11.6 Å². The number of hydrogen-bond acceptors (Lipinski definition) is 2. The average molecular weight is 289 g/mol. The number of hydrogen-bond donors (Lipinski definition) is 1. The summed E-state index contributed by atoms with van der Waals surface area (Å²) in [5.41, 5.74) is 0.717. The quantitative estimate of drug-likeness (QED) is 0.522. The van der Waals surface area contributed by atoms with Crippen LogP contribution in [0, 0.1) is 0 Å². The first-order chi connectivity index (χ1) is 10.1. The van der Waals surface area contributed by atoms with Crippen molar-refractivity contribution in [2.45, 2.75) is 58.1 Å². The first-order valence-corrected chi connectivity index (χ1v) is 7.69. The van der Waals surface area contributed by atoms with Crippen LogP contribution in [-0.2, 0) is 11.3 Å². The second-order valence-electron chi connectivity index (χ2n) is 5.70. The first-order valence-electron chi connectivity index (χ1n) is 7.69. The number of benzene rings is 1. The summed E-state index contributed by atoms with van der Waals surface area (Å²) >= 11 is 0. The zero-order valence-corrected chi connectivity index (χ0v) is 13.2. The van der Waals surface area contributed by atoms with Gasteiger partial charge < -0.3 is 10.1 Å². The van der Waals surface area contributed by atoms with Gasteiger partial charge in [0.05, 0.1) is 0 Å². The van der Waals surface area contributed by atoms with Crippen LogP contribution in [0.3, 0.4) is 0 Å². The summed E-state index contributed by atoms with van der Waals surface area (Å²) in [6, 6.07) is 9.69. The highest BCUT2D eigenvalue weighted by atomic mass is 16.5. The van der Waals surface area contributed by atoms with Crippen molar-refractivity contribution in [3.63, 3.8) is 0 Å². The number of nitrogens with one attached hydrogen (secondary N) is 1. The highest BCUT2D eigenvalue weighted by molar-refractivity contribution is 5.68. The van der Waals surface area contributed by atoms with Crippen molar-refractivity contribution in [3.8, 4) is 0 Å². The van der Waals surface area contributed by atoms with E-state index < -0.39 is 0 Å². The van der Waals surface area contributed by atoms with Crippen LogP contribution in [0.25, 0.3) is 0 Å². The smallest absolute Gasteiger partial charge is 0.407 e. The van der Waals surface area contributed by atoms with Gasteiger partial charge in [-0.05, 0) is 25.3 Å². The van der Waals surface area contributed by atoms with Crippen LogP contribution in [0.15, 0.2) is 43.0 Å². The van der Waals surface area contributed by atoms with Gasteiger partial charge in [0, 0.05) is 5.54 Å². The number of unbranched alkanes of at least 4 members (excludes halogenated alkanes) is 2. The zero-order valence-electron chi connectivity index (χ0n) is 13.2. The van der Waals surface area contributed by atoms with Crippen LogP contribution in [0.5, 0.6) is 0 Å². The molecule has 1 unspecified atom stereocenters. The van der Waals surface area contributed by atoms with Gasteiger partial charge in [-0.1, -0.05) is 62.6 Å². The molecule has 0 fully saturated rings. The minimum atomic E-state index is -0.361. The third-order valence-electron chi connectivity index (χ3n) is 3.54. The number of ether oxygens (including phenoxy) is 1. The van der Waals surface area contributed by atoms with Gasteiger partial charge in [-0.25, -0.2) is 4.79 Å². The van der Waals surface area contributed by atoms with Crippen LogP contribution >= 0.6 is 0 Å².